The number of nitrogen functional groups attached to an aromatic ring is 1. The van der Waals surface area contributed by atoms with Crippen LogP contribution in [0.25, 0.3) is 16.7 Å². The first-order valence-corrected chi connectivity index (χ1v) is 12.2. The van der Waals surface area contributed by atoms with Gasteiger partial charge in [-0.2, -0.15) is 0 Å². The Hall–Kier alpha value is -4.26. The van der Waals surface area contributed by atoms with Gasteiger partial charge >= 0.3 is 0 Å². The topological polar surface area (TPSA) is 56.0 Å². The highest BCUT2D eigenvalue weighted by atomic mass is 19.1. The van der Waals surface area contributed by atoms with Crippen LogP contribution in [0.1, 0.15) is 41.1 Å². The molecule has 2 N–H and O–H groups in total. The van der Waals surface area contributed by atoms with E-state index in [2.05, 4.69) is 4.98 Å². The van der Waals surface area contributed by atoms with Gasteiger partial charge in [-0.1, -0.05) is 24.3 Å². The second-order valence-electron chi connectivity index (χ2n) is 9.51. The Morgan fingerprint density at radius 2 is 1.68 bits per heavy atom. The minimum absolute atomic E-state index is 0.0286. The molecule has 1 aliphatic rings. The lowest BCUT2D eigenvalue weighted by atomic mass is 9.85. The molecule has 0 amide bonds. The van der Waals surface area contributed by atoms with Gasteiger partial charge in [0.15, 0.2) is 0 Å². The maximum absolute atomic E-state index is 14.0. The third-order valence-corrected chi connectivity index (χ3v) is 6.78. The summed E-state index contributed by atoms with van der Waals surface area (Å²) in [5, 5.41) is 0. The lowest BCUT2D eigenvalue weighted by molar-refractivity contribution is -0.118. The summed E-state index contributed by atoms with van der Waals surface area (Å²) < 4.78 is 55.7. The van der Waals surface area contributed by atoms with Crippen molar-refractivity contribution in [2.45, 2.75) is 31.6 Å². The van der Waals surface area contributed by atoms with E-state index in [9.17, 15) is 22.4 Å². The number of nitrogens with two attached hydrogens (primary N) is 1. The van der Waals surface area contributed by atoms with E-state index in [1.165, 1.54) is 36.4 Å². The molecule has 38 heavy (non-hydrogen) atoms. The molecule has 5 rings (SSSR count). The van der Waals surface area contributed by atoms with Crippen LogP contribution < -0.4 is 5.73 Å². The summed E-state index contributed by atoms with van der Waals surface area (Å²) in [6.07, 6.45) is 4.39. The first-order valence-electron chi connectivity index (χ1n) is 12.2. The molecule has 3 nitrogen and oxygen atoms in total. The number of allylic oxidation sites excluding steroid dienone is 2. The number of carbonyl (C=O) groups excluding carboxylic acids is 1. The first kappa shape index (κ1) is 25.4. The molecule has 0 radical (unpaired) electrons. The number of carbonyl (C=O) groups is 1. The molecule has 0 unspecified atom stereocenters. The largest absolute Gasteiger partial charge is 0.396 e. The van der Waals surface area contributed by atoms with Gasteiger partial charge in [0, 0.05) is 36.6 Å². The first-order chi connectivity index (χ1) is 18.3. The predicted molar refractivity (Wildman–Crippen MR) is 139 cm³/mol. The minimum atomic E-state index is -0.715. The number of anilines is 1. The highest BCUT2D eigenvalue weighted by molar-refractivity contribution is 5.92. The molecule has 1 heterocycles. The Morgan fingerprint density at radius 1 is 0.895 bits per heavy atom. The molecule has 1 atom stereocenters. The van der Waals surface area contributed by atoms with Crippen LogP contribution in [0.4, 0.5) is 23.2 Å². The van der Waals surface area contributed by atoms with Gasteiger partial charge in [-0.15, -0.1) is 0 Å². The monoisotopic (exact) mass is 516 g/mol. The molecule has 0 fully saturated rings. The van der Waals surface area contributed by atoms with Crippen molar-refractivity contribution in [1.82, 2.24) is 4.98 Å². The van der Waals surface area contributed by atoms with Crippen molar-refractivity contribution >= 4 is 17.0 Å². The molecule has 1 aromatic heterocycles. The van der Waals surface area contributed by atoms with Gasteiger partial charge in [0.05, 0.1) is 11.4 Å². The Kier molecular flexibility index (Phi) is 7.09. The van der Waals surface area contributed by atoms with Crippen molar-refractivity contribution in [3.8, 4) is 11.1 Å². The number of hydrogen-bond acceptors (Lipinski definition) is 3. The summed E-state index contributed by atoms with van der Waals surface area (Å²) in [6.45, 7) is 0. The summed E-state index contributed by atoms with van der Waals surface area (Å²) in [7, 11) is 0. The van der Waals surface area contributed by atoms with E-state index in [0.717, 1.165) is 22.8 Å². The number of ketones is 1. The lowest BCUT2D eigenvalue weighted by Crippen LogP contribution is -2.13. The molecular formula is C31H24F4N2O. The van der Waals surface area contributed by atoms with E-state index in [0.29, 0.717) is 28.8 Å². The van der Waals surface area contributed by atoms with Crippen LogP contribution in [0.2, 0.25) is 0 Å². The Morgan fingerprint density at radius 3 is 2.45 bits per heavy atom. The molecule has 192 valence electrons. The van der Waals surface area contributed by atoms with Crippen LogP contribution in [0, 0.1) is 23.3 Å². The third-order valence-electron chi connectivity index (χ3n) is 6.78. The number of aromatic nitrogens is 1. The summed E-state index contributed by atoms with van der Waals surface area (Å²) in [5.74, 6) is -3.01. The van der Waals surface area contributed by atoms with Crippen molar-refractivity contribution in [2.24, 2.45) is 0 Å². The van der Waals surface area contributed by atoms with E-state index >= 15 is 0 Å². The average molecular weight is 517 g/mol. The fraction of sp³-hybridized carbons (Fsp3) is 0.161. The highest BCUT2D eigenvalue weighted by Crippen LogP contribution is 2.36. The van der Waals surface area contributed by atoms with E-state index < -0.39 is 23.4 Å². The zero-order chi connectivity index (χ0) is 26.8. The zero-order valence-corrected chi connectivity index (χ0v) is 20.4. The quantitative estimate of drug-likeness (QED) is 0.199. The van der Waals surface area contributed by atoms with Crippen molar-refractivity contribution in [2.75, 3.05) is 5.73 Å². The van der Waals surface area contributed by atoms with E-state index in [1.54, 1.807) is 30.5 Å². The Balaban J connectivity index is 1.48. The molecule has 1 aliphatic carbocycles. The van der Waals surface area contributed by atoms with Gasteiger partial charge in [-0.3, -0.25) is 9.78 Å². The van der Waals surface area contributed by atoms with Crippen LogP contribution >= 0.6 is 0 Å². The predicted octanol–water partition coefficient (Wildman–Crippen LogP) is 7.20. The number of Topliss-reactive ketones (excluding diaryl/α,β-unsaturated/α-hetero) is 1. The van der Waals surface area contributed by atoms with Crippen LogP contribution in [0.5, 0.6) is 0 Å². The van der Waals surface area contributed by atoms with Gasteiger partial charge < -0.3 is 5.73 Å². The molecule has 0 bridgehead atoms. The molecule has 0 spiro atoms. The van der Waals surface area contributed by atoms with Crippen LogP contribution in [-0.2, 0) is 17.6 Å². The smallest absolute Gasteiger partial charge is 0.146 e. The second kappa shape index (κ2) is 10.6. The van der Waals surface area contributed by atoms with Gasteiger partial charge in [0.1, 0.15) is 29.1 Å². The molecular weight excluding hydrogens is 492 g/mol. The number of rotatable bonds is 8. The molecule has 4 aromatic rings. The molecule has 0 saturated heterocycles. The van der Waals surface area contributed by atoms with E-state index in [1.807, 2.05) is 6.08 Å². The Bertz CT molecular complexity index is 1540. The minimum Gasteiger partial charge on any atom is -0.396 e. The molecule has 0 saturated carbocycles. The molecule has 3 aromatic carbocycles. The van der Waals surface area contributed by atoms with Crippen molar-refractivity contribution in [1.29, 1.82) is 0 Å². The summed E-state index contributed by atoms with van der Waals surface area (Å²) in [5.41, 5.74) is 10.4. The fourth-order valence-electron chi connectivity index (χ4n) is 5.07. The second-order valence-corrected chi connectivity index (χ2v) is 9.51. The molecule has 7 heteroatoms. The van der Waals surface area contributed by atoms with Crippen LogP contribution in [0.3, 0.4) is 0 Å². The fourth-order valence-corrected chi connectivity index (χ4v) is 5.07. The van der Waals surface area contributed by atoms with Gasteiger partial charge in [0.2, 0.25) is 0 Å². The number of nitrogens with zero attached hydrogens (tertiary/aromatic N) is 1. The average Bonchev–Trinajstić information content (AvgIpc) is 3.26. The number of benzene rings is 3. The van der Waals surface area contributed by atoms with Crippen LogP contribution in [-0.4, -0.2) is 10.8 Å². The van der Waals surface area contributed by atoms with Gasteiger partial charge in [-0.25, -0.2) is 17.6 Å². The van der Waals surface area contributed by atoms with Crippen LogP contribution in [0.15, 0.2) is 79.0 Å². The molecule has 0 aliphatic heterocycles. The van der Waals surface area contributed by atoms with E-state index in [-0.39, 0.29) is 36.6 Å². The normalized spacial score (nSPS) is 13.2. The number of hydrogen-bond donors (Lipinski definition) is 1. The highest BCUT2D eigenvalue weighted by Gasteiger charge is 2.25. The SMILES string of the molecule is Nc1cc(-c2cccnc2[C@@H](CC(=O)CC2=CCc3ccc(F)cc32)Cc2cc(F)cc(F)c2)ccc1F. The summed E-state index contributed by atoms with van der Waals surface area (Å²) in [4.78, 5) is 17.9. The number of fused-ring (bicyclic) bond motifs is 1. The standard InChI is InChI=1S/C31H24F4N2O/c32-23-7-5-19-3-4-20(28(19)17-23)13-26(38)14-22(10-18-11-24(33)16-25(34)12-18)31-27(2-1-9-37-31)21-6-8-29(35)30(36)15-21/h1-2,4-9,11-12,15-17,22H,3,10,13-14,36H2/t22-/m1/s1. The summed E-state index contributed by atoms with van der Waals surface area (Å²) in [6, 6.07) is 15.6. The maximum atomic E-state index is 14.0. The zero-order valence-electron chi connectivity index (χ0n) is 20.4. The van der Waals surface area contributed by atoms with Gasteiger partial charge in [-0.05, 0) is 83.1 Å². The number of pyridine rings is 1. The summed E-state index contributed by atoms with van der Waals surface area (Å²) >= 11 is 0. The van der Waals surface area contributed by atoms with Crippen molar-refractivity contribution < 1.29 is 22.4 Å². The maximum Gasteiger partial charge on any atom is 0.146 e. The third kappa shape index (κ3) is 5.52. The van der Waals surface area contributed by atoms with Gasteiger partial charge in [0.25, 0.3) is 0 Å². The lowest BCUT2D eigenvalue weighted by Gasteiger charge is -2.20. The van der Waals surface area contributed by atoms with E-state index in [4.69, 9.17) is 5.73 Å². The number of halogens is 4. The van der Waals surface area contributed by atoms with Crippen molar-refractivity contribution in [3.63, 3.8) is 0 Å². The Labute approximate surface area is 217 Å². The van der Waals surface area contributed by atoms with Crippen molar-refractivity contribution in [3.05, 3.63) is 125 Å².